The third kappa shape index (κ3) is 7.85. The molecule has 6 nitrogen and oxygen atoms in total. The lowest BCUT2D eigenvalue weighted by molar-refractivity contribution is 0.0750. The molecule has 0 atom stereocenters. The highest BCUT2D eigenvalue weighted by Crippen LogP contribution is 2.36. The highest BCUT2D eigenvalue weighted by atomic mass is 16.5. The van der Waals surface area contributed by atoms with Crippen LogP contribution in [0.25, 0.3) is 0 Å². The van der Waals surface area contributed by atoms with Gasteiger partial charge in [0.1, 0.15) is 0 Å². The molecule has 0 spiro atoms. The average Bonchev–Trinajstić information content (AvgIpc) is 2.94. The molecular formula is C32H40N2O4. The van der Waals surface area contributed by atoms with Gasteiger partial charge in [0.25, 0.3) is 11.8 Å². The van der Waals surface area contributed by atoms with Gasteiger partial charge in [-0.15, -0.1) is 0 Å². The standard InChI is InChI=1S/C32H40N2O4/c1-5-34(6-2)31(35)27-21-22-28(37-23-13-19-25-15-9-7-10-16-25)30(29(27)32(36)33(3)4)38-24-14-20-26-17-11-8-12-18-26/h7-12,15-18,21-22H,5-6,13-14,19-20,23-24H2,1-4H3. The molecule has 3 aromatic rings. The predicted octanol–water partition coefficient (Wildman–Crippen LogP) is 5.89. The molecule has 0 fully saturated rings. The van der Waals surface area contributed by atoms with E-state index in [9.17, 15) is 9.59 Å². The molecule has 0 aromatic heterocycles. The molecule has 202 valence electrons. The number of rotatable bonds is 14. The summed E-state index contributed by atoms with van der Waals surface area (Å²) in [5.74, 6) is 0.354. The normalized spacial score (nSPS) is 10.6. The summed E-state index contributed by atoms with van der Waals surface area (Å²) in [5, 5.41) is 0. The summed E-state index contributed by atoms with van der Waals surface area (Å²) in [7, 11) is 3.36. The number of carbonyl (C=O) groups is 2. The smallest absolute Gasteiger partial charge is 0.258 e. The summed E-state index contributed by atoms with van der Waals surface area (Å²) >= 11 is 0. The van der Waals surface area contributed by atoms with Gasteiger partial charge in [0, 0.05) is 27.2 Å². The fraction of sp³-hybridized carbons (Fsp3) is 0.375. The van der Waals surface area contributed by atoms with E-state index < -0.39 is 0 Å². The number of aryl methyl sites for hydroxylation is 2. The van der Waals surface area contributed by atoms with Crippen LogP contribution in [0.4, 0.5) is 0 Å². The highest BCUT2D eigenvalue weighted by Gasteiger charge is 2.28. The van der Waals surface area contributed by atoms with Crippen LogP contribution in [-0.4, -0.2) is 62.0 Å². The van der Waals surface area contributed by atoms with Gasteiger partial charge in [-0.3, -0.25) is 9.59 Å². The zero-order valence-corrected chi connectivity index (χ0v) is 23.1. The molecule has 0 aliphatic rings. The minimum Gasteiger partial charge on any atom is -0.490 e. The Labute approximate surface area is 227 Å². The number of amides is 2. The second-order valence-electron chi connectivity index (χ2n) is 9.37. The summed E-state index contributed by atoms with van der Waals surface area (Å²) in [6.07, 6.45) is 3.31. The Hall–Kier alpha value is -3.80. The predicted molar refractivity (Wildman–Crippen MR) is 152 cm³/mol. The Morgan fingerprint density at radius 1 is 0.684 bits per heavy atom. The maximum atomic E-state index is 13.4. The number of ether oxygens (including phenoxy) is 2. The number of hydrogen-bond acceptors (Lipinski definition) is 4. The highest BCUT2D eigenvalue weighted by molar-refractivity contribution is 6.09. The fourth-order valence-electron chi connectivity index (χ4n) is 4.31. The van der Waals surface area contributed by atoms with E-state index in [0.29, 0.717) is 43.4 Å². The summed E-state index contributed by atoms with van der Waals surface area (Å²) in [5.41, 5.74) is 3.06. The Balaban J connectivity index is 1.87. The molecule has 3 aromatic carbocycles. The van der Waals surface area contributed by atoms with Crippen LogP contribution in [0.5, 0.6) is 11.5 Å². The third-order valence-corrected chi connectivity index (χ3v) is 6.43. The van der Waals surface area contributed by atoms with E-state index >= 15 is 0 Å². The lowest BCUT2D eigenvalue weighted by Crippen LogP contribution is -2.33. The van der Waals surface area contributed by atoms with Crippen LogP contribution in [0.15, 0.2) is 72.8 Å². The minimum atomic E-state index is -0.284. The van der Waals surface area contributed by atoms with Crippen LogP contribution in [0.3, 0.4) is 0 Å². The molecule has 2 amide bonds. The molecule has 0 saturated carbocycles. The number of hydrogen-bond donors (Lipinski definition) is 0. The van der Waals surface area contributed by atoms with Gasteiger partial charge < -0.3 is 19.3 Å². The first-order chi connectivity index (χ1) is 18.5. The molecule has 6 heteroatoms. The molecule has 0 unspecified atom stereocenters. The van der Waals surface area contributed by atoms with E-state index in [1.807, 2.05) is 50.2 Å². The fourth-order valence-corrected chi connectivity index (χ4v) is 4.31. The monoisotopic (exact) mass is 516 g/mol. The first-order valence-electron chi connectivity index (χ1n) is 13.5. The van der Waals surface area contributed by atoms with E-state index in [4.69, 9.17) is 9.47 Å². The molecule has 0 aliphatic heterocycles. The van der Waals surface area contributed by atoms with Crippen molar-refractivity contribution in [2.45, 2.75) is 39.5 Å². The van der Waals surface area contributed by atoms with Crippen molar-refractivity contribution in [2.75, 3.05) is 40.4 Å². The molecule has 0 saturated heterocycles. The van der Waals surface area contributed by atoms with Gasteiger partial charge in [0.15, 0.2) is 11.5 Å². The maximum absolute atomic E-state index is 13.4. The SMILES string of the molecule is CCN(CC)C(=O)c1ccc(OCCCc2ccccc2)c(OCCCc2ccccc2)c1C(=O)N(C)C. The molecule has 38 heavy (non-hydrogen) atoms. The van der Waals surface area contributed by atoms with Gasteiger partial charge in [0.2, 0.25) is 0 Å². The molecule has 0 bridgehead atoms. The van der Waals surface area contributed by atoms with Gasteiger partial charge in [-0.1, -0.05) is 60.7 Å². The van der Waals surface area contributed by atoms with Gasteiger partial charge in [-0.25, -0.2) is 0 Å². The first kappa shape index (κ1) is 28.8. The van der Waals surface area contributed by atoms with Crippen molar-refractivity contribution >= 4 is 11.8 Å². The number of benzene rings is 3. The Morgan fingerprint density at radius 3 is 1.71 bits per heavy atom. The zero-order valence-electron chi connectivity index (χ0n) is 23.1. The van der Waals surface area contributed by atoms with Gasteiger partial charge in [-0.05, 0) is 62.8 Å². The number of nitrogens with zero attached hydrogens (tertiary/aromatic N) is 2. The van der Waals surface area contributed by atoms with Crippen LogP contribution in [-0.2, 0) is 12.8 Å². The van der Waals surface area contributed by atoms with E-state index in [-0.39, 0.29) is 17.4 Å². The third-order valence-electron chi connectivity index (χ3n) is 6.43. The van der Waals surface area contributed by atoms with Crippen LogP contribution >= 0.6 is 0 Å². The summed E-state index contributed by atoms with van der Waals surface area (Å²) in [4.78, 5) is 30.0. The molecule has 3 rings (SSSR count). The average molecular weight is 517 g/mol. The number of carbonyl (C=O) groups excluding carboxylic acids is 2. The van der Waals surface area contributed by atoms with Crippen LogP contribution in [0.1, 0.15) is 58.5 Å². The van der Waals surface area contributed by atoms with Crippen molar-refractivity contribution in [2.24, 2.45) is 0 Å². The lowest BCUT2D eigenvalue weighted by Gasteiger charge is -2.24. The molecule has 0 aliphatic carbocycles. The summed E-state index contributed by atoms with van der Waals surface area (Å²) in [6, 6.07) is 23.9. The quantitative estimate of drug-likeness (QED) is 0.251. The summed E-state index contributed by atoms with van der Waals surface area (Å²) in [6.45, 7) is 5.83. The second-order valence-corrected chi connectivity index (χ2v) is 9.37. The molecular weight excluding hydrogens is 476 g/mol. The van der Waals surface area contributed by atoms with Gasteiger partial charge in [-0.2, -0.15) is 0 Å². The van der Waals surface area contributed by atoms with Gasteiger partial charge >= 0.3 is 0 Å². The minimum absolute atomic E-state index is 0.190. The Bertz CT molecular complexity index is 1160. The Kier molecular flexibility index (Phi) is 11.2. The van der Waals surface area contributed by atoms with Crippen LogP contribution in [0.2, 0.25) is 0 Å². The first-order valence-corrected chi connectivity index (χ1v) is 13.5. The van der Waals surface area contributed by atoms with Crippen LogP contribution < -0.4 is 9.47 Å². The second kappa shape index (κ2) is 14.8. The van der Waals surface area contributed by atoms with Crippen molar-refractivity contribution in [3.63, 3.8) is 0 Å². The van der Waals surface area contributed by atoms with Crippen molar-refractivity contribution in [1.82, 2.24) is 9.80 Å². The largest absolute Gasteiger partial charge is 0.490 e. The van der Waals surface area contributed by atoms with E-state index in [1.165, 1.54) is 16.0 Å². The summed E-state index contributed by atoms with van der Waals surface area (Å²) < 4.78 is 12.4. The molecule has 0 heterocycles. The van der Waals surface area contributed by atoms with Crippen molar-refractivity contribution in [1.29, 1.82) is 0 Å². The van der Waals surface area contributed by atoms with E-state index in [2.05, 4.69) is 24.3 Å². The van der Waals surface area contributed by atoms with E-state index in [0.717, 1.165) is 25.7 Å². The van der Waals surface area contributed by atoms with Crippen molar-refractivity contribution < 1.29 is 19.1 Å². The zero-order chi connectivity index (χ0) is 27.3. The van der Waals surface area contributed by atoms with E-state index in [1.54, 1.807) is 31.1 Å². The van der Waals surface area contributed by atoms with Crippen molar-refractivity contribution in [3.05, 3.63) is 95.1 Å². The van der Waals surface area contributed by atoms with Crippen molar-refractivity contribution in [3.8, 4) is 11.5 Å². The topological polar surface area (TPSA) is 59.1 Å². The Morgan fingerprint density at radius 2 is 1.21 bits per heavy atom. The lowest BCUT2D eigenvalue weighted by atomic mass is 10.0. The molecule has 0 N–H and O–H groups in total. The van der Waals surface area contributed by atoms with Crippen LogP contribution in [0, 0.1) is 0 Å². The maximum Gasteiger partial charge on any atom is 0.258 e. The van der Waals surface area contributed by atoms with Gasteiger partial charge in [0.05, 0.1) is 24.3 Å². The molecule has 0 radical (unpaired) electrons.